The van der Waals surface area contributed by atoms with Crippen molar-refractivity contribution in [3.63, 3.8) is 0 Å². The van der Waals surface area contributed by atoms with E-state index >= 15 is 0 Å². The average molecular weight is 297 g/mol. The van der Waals surface area contributed by atoms with E-state index in [1.54, 1.807) is 6.92 Å². The molecular weight excluding hydrogens is 286 g/mol. The monoisotopic (exact) mass is 297 g/mol. The molecule has 0 spiro atoms. The lowest BCUT2D eigenvalue weighted by Gasteiger charge is -2.14. The van der Waals surface area contributed by atoms with Gasteiger partial charge in [0.15, 0.2) is 17.5 Å². The second kappa shape index (κ2) is 5.95. The van der Waals surface area contributed by atoms with E-state index in [4.69, 9.17) is 0 Å². The highest BCUT2D eigenvalue weighted by Crippen LogP contribution is 2.16. The molecule has 2 nitrogen and oxygen atoms in total. The Morgan fingerprint density at radius 2 is 1.52 bits per heavy atom. The normalized spacial score (nSPS) is 12.0. The maximum Gasteiger partial charge on any atom is 0.251 e. The Kier molecular flexibility index (Phi) is 4.26. The van der Waals surface area contributed by atoms with Crippen LogP contribution >= 0.6 is 0 Å². The summed E-state index contributed by atoms with van der Waals surface area (Å²) < 4.78 is 51.8. The van der Waals surface area contributed by atoms with Crippen molar-refractivity contribution in [2.24, 2.45) is 0 Å². The minimum Gasteiger partial charge on any atom is -0.346 e. The van der Waals surface area contributed by atoms with Gasteiger partial charge >= 0.3 is 0 Å². The van der Waals surface area contributed by atoms with Gasteiger partial charge in [-0.2, -0.15) is 0 Å². The van der Waals surface area contributed by atoms with Crippen LogP contribution in [0.3, 0.4) is 0 Å². The van der Waals surface area contributed by atoms with E-state index in [1.807, 2.05) is 0 Å². The highest BCUT2D eigenvalue weighted by molar-refractivity contribution is 5.94. The molecule has 0 aliphatic heterocycles. The topological polar surface area (TPSA) is 29.1 Å². The van der Waals surface area contributed by atoms with Crippen LogP contribution in [0.2, 0.25) is 0 Å². The Balaban J connectivity index is 2.16. The molecule has 0 bridgehead atoms. The predicted molar refractivity (Wildman–Crippen MR) is 68.6 cm³/mol. The van der Waals surface area contributed by atoms with E-state index in [9.17, 15) is 22.4 Å². The Morgan fingerprint density at radius 1 is 1.00 bits per heavy atom. The molecule has 1 unspecified atom stereocenters. The number of hydrogen-bond acceptors (Lipinski definition) is 1. The van der Waals surface area contributed by atoms with Crippen LogP contribution in [0, 0.1) is 23.3 Å². The molecule has 1 amide bonds. The van der Waals surface area contributed by atoms with Crippen LogP contribution in [0.15, 0.2) is 36.4 Å². The van der Waals surface area contributed by atoms with E-state index in [1.165, 1.54) is 24.3 Å². The molecule has 0 saturated carbocycles. The number of carbonyl (C=O) groups is 1. The molecule has 1 N–H and O–H groups in total. The molecule has 0 fully saturated rings. The molecule has 2 aromatic rings. The molecule has 2 rings (SSSR count). The summed E-state index contributed by atoms with van der Waals surface area (Å²) in [7, 11) is 0. The van der Waals surface area contributed by atoms with Crippen molar-refractivity contribution in [2.45, 2.75) is 13.0 Å². The zero-order valence-corrected chi connectivity index (χ0v) is 11.0. The van der Waals surface area contributed by atoms with Gasteiger partial charge in [-0.05, 0) is 36.8 Å². The summed E-state index contributed by atoms with van der Waals surface area (Å²) in [6.45, 7) is 1.63. The Hall–Kier alpha value is -2.37. The second-order valence-corrected chi connectivity index (χ2v) is 4.50. The molecule has 0 aromatic heterocycles. The molecular formula is C15H11F4NO. The fourth-order valence-corrected chi connectivity index (χ4v) is 1.80. The first-order valence-electron chi connectivity index (χ1n) is 6.09. The Morgan fingerprint density at radius 3 is 2.05 bits per heavy atom. The molecule has 110 valence electrons. The summed E-state index contributed by atoms with van der Waals surface area (Å²) in [5, 5.41) is 2.49. The number of nitrogens with one attached hydrogen (secondary N) is 1. The van der Waals surface area contributed by atoms with Crippen LogP contribution in [0.25, 0.3) is 0 Å². The van der Waals surface area contributed by atoms with Crippen molar-refractivity contribution in [3.05, 3.63) is 70.8 Å². The summed E-state index contributed by atoms with van der Waals surface area (Å²) in [4.78, 5) is 11.9. The highest BCUT2D eigenvalue weighted by atomic mass is 19.2. The molecule has 0 heterocycles. The average Bonchev–Trinajstić information content (AvgIpc) is 2.44. The minimum atomic E-state index is -1.63. The van der Waals surface area contributed by atoms with Gasteiger partial charge in [0.2, 0.25) is 0 Å². The Labute approximate surface area is 118 Å². The molecule has 1 atom stereocenters. The van der Waals surface area contributed by atoms with Crippen LogP contribution in [0.1, 0.15) is 28.9 Å². The summed E-state index contributed by atoms with van der Waals surface area (Å²) in [6.07, 6.45) is 0. The van der Waals surface area contributed by atoms with Gasteiger partial charge < -0.3 is 5.32 Å². The number of halogens is 4. The van der Waals surface area contributed by atoms with Gasteiger partial charge in [-0.1, -0.05) is 12.1 Å². The molecule has 2 aromatic carbocycles. The summed E-state index contributed by atoms with van der Waals surface area (Å²) in [6, 6.07) is 6.15. The SMILES string of the molecule is CC(NC(=O)c1cc(F)c(F)c(F)c1)c1ccc(F)cc1. The van der Waals surface area contributed by atoms with Gasteiger partial charge in [-0.3, -0.25) is 4.79 Å². The molecule has 0 aliphatic rings. The van der Waals surface area contributed by atoms with Crippen LogP contribution in [-0.4, -0.2) is 5.91 Å². The van der Waals surface area contributed by atoms with Crippen molar-refractivity contribution < 1.29 is 22.4 Å². The fourth-order valence-electron chi connectivity index (χ4n) is 1.80. The van der Waals surface area contributed by atoms with Crippen LogP contribution < -0.4 is 5.32 Å². The lowest BCUT2D eigenvalue weighted by molar-refractivity contribution is 0.0938. The van der Waals surface area contributed by atoms with E-state index in [0.717, 1.165) is 0 Å². The first kappa shape index (κ1) is 15.0. The third-order valence-electron chi connectivity index (χ3n) is 2.96. The van der Waals surface area contributed by atoms with Gasteiger partial charge in [0.05, 0.1) is 6.04 Å². The molecule has 0 aliphatic carbocycles. The highest BCUT2D eigenvalue weighted by Gasteiger charge is 2.17. The van der Waals surface area contributed by atoms with Crippen molar-refractivity contribution in [1.29, 1.82) is 0 Å². The van der Waals surface area contributed by atoms with E-state index < -0.39 is 35.2 Å². The fraction of sp³-hybridized carbons (Fsp3) is 0.133. The number of carbonyl (C=O) groups excluding carboxylic acids is 1. The van der Waals surface area contributed by atoms with E-state index in [0.29, 0.717) is 17.7 Å². The van der Waals surface area contributed by atoms with Crippen molar-refractivity contribution in [3.8, 4) is 0 Å². The van der Waals surface area contributed by atoms with Crippen molar-refractivity contribution in [2.75, 3.05) is 0 Å². The maximum atomic E-state index is 13.1. The molecule has 0 saturated heterocycles. The summed E-state index contributed by atoms with van der Waals surface area (Å²) in [5.74, 6) is -5.67. The third-order valence-corrected chi connectivity index (χ3v) is 2.96. The minimum absolute atomic E-state index is 0.333. The molecule has 0 radical (unpaired) electrons. The number of rotatable bonds is 3. The molecule has 21 heavy (non-hydrogen) atoms. The first-order chi connectivity index (χ1) is 9.88. The second-order valence-electron chi connectivity index (χ2n) is 4.50. The van der Waals surface area contributed by atoms with Crippen LogP contribution in [-0.2, 0) is 0 Å². The zero-order valence-electron chi connectivity index (χ0n) is 11.0. The number of benzene rings is 2. The third kappa shape index (κ3) is 3.39. The lowest BCUT2D eigenvalue weighted by Crippen LogP contribution is -2.27. The van der Waals surface area contributed by atoms with Gasteiger partial charge in [0.1, 0.15) is 5.82 Å². The largest absolute Gasteiger partial charge is 0.346 e. The van der Waals surface area contributed by atoms with E-state index in [2.05, 4.69) is 5.32 Å². The number of hydrogen-bond donors (Lipinski definition) is 1. The van der Waals surface area contributed by atoms with Crippen LogP contribution in [0.5, 0.6) is 0 Å². The smallest absolute Gasteiger partial charge is 0.251 e. The summed E-state index contributed by atoms with van der Waals surface area (Å²) >= 11 is 0. The van der Waals surface area contributed by atoms with E-state index in [-0.39, 0.29) is 5.56 Å². The number of amides is 1. The van der Waals surface area contributed by atoms with Crippen molar-refractivity contribution in [1.82, 2.24) is 5.32 Å². The predicted octanol–water partition coefficient (Wildman–Crippen LogP) is 3.73. The first-order valence-corrected chi connectivity index (χ1v) is 6.09. The zero-order chi connectivity index (χ0) is 15.6. The summed E-state index contributed by atoms with van der Waals surface area (Å²) in [5.41, 5.74) is 0.285. The van der Waals surface area contributed by atoms with Gasteiger partial charge in [0.25, 0.3) is 5.91 Å². The Bertz CT molecular complexity index is 647. The van der Waals surface area contributed by atoms with Crippen molar-refractivity contribution >= 4 is 5.91 Å². The lowest BCUT2D eigenvalue weighted by atomic mass is 10.1. The van der Waals surface area contributed by atoms with Crippen LogP contribution in [0.4, 0.5) is 17.6 Å². The standard InChI is InChI=1S/C15H11F4NO/c1-8(9-2-4-11(16)5-3-9)20-15(21)10-6-12(17)14(19)13(18)7-10/h2-8H,1H3,(H,20,21). The van der Waals surface area contributed by atoms with Gasteiger partial charge in [-0.15, -0.1) is 0 Å². The molecule has 6 heteroatoms. The van der Waals surface area contributed by atoms with Gasteiger partial charge in [0, 0.05) is 5.56 Å². The quantitative estimate of drug-likeness (QED) is 0.678. The maximum absolute atomic E-state index is 13.1. The van der Waals surface area contributed by atoms with Gasteiger partial charge in [-0.25, -0.2) is 17.6 Å².